The van der Waals surface area contributed by atoms with E-state index < -0.39 is 42.1 Å². The second kappa shape index (κ2) is 16.0. The van der Waals surface area contributed by atoms with Crippen molar-refractivity contribution in [2.24, 2.45) is 0 Å². The van der Waals surface area contributed by atoms with Crippen molar-refractivity contribution < 1.29 is 40.5 Å². The number of nitrogens with one attached hydrogen (secondary N) is 3. The molecule has 0 amide bonds. The smallest absolute Gasteiger partial charge is 0.315 e. The average Bonchev–Trinajstić information content (AvgIpc) is 3.13. The Hall–Kier alpha value is -6.64. The number of hydrogen-bond acceptors (Lipinski definition) is 14. The van der Waals surface area contributed by atoms with Gasteiger partial charge in [0.25, 0.3) is 20.2 Å². The van der Waals surface area contributed by atoms with Crippen molar-refractivity contribution in [2.45, 2.75) is 9.79 Å². The highest BCUT2D eigenvalue weighted by Gasteiger charge is 2.21. The third-order valence-electron chi connectivity index (χ3n) is 8.19. The summed E-state index contributed by atoms with van der Waals surface area (Å²) in [7, 11) is -9.23. The Bertz CT molecular complexity index is 2830. The molecule has 288 valence electrons. The number of fused-ring (bicyclic) bond motifs is 2. The number of phenolic OH excluding ortho intramolecular Hbond substituents is 1. The van der Waals surface area contributed by atoms with E-state index in [1.807, 2.05) is 42.5 Å². The van der Waals surface area contributed by atoms with Gasteiger partial charge in [-0.2, -0.15) is 36.2 Å². The molecule has 6 aromatic carbocycles. The highest BCUT2D eigenvalue weighted by Crippen LogP contribution is 2.37. The van der Waals surface area contributed by atoms with Gasteiger partial charge in [0, 0.05) is 39.9 Å². The molecule has 16 nitrogen and oxygen atoms in total. The van der Waals surface area contributed by atoms with Crippen LogP contribution in [0.25, 0.3) is 32.7 Å². The van der Waals surface area contributed by atoms with Crippen molar-refractivity contribution >= 4 is 82.1 Å². The third kappa shape index (κ3) is 8.83. The fourth-order valence-electron chi connectivity index (χ4n) is 5.87. The molecule has 0 bridgehead atoms. The van der Waals surface area contributed by atoms with Gasteiger partial charge >= 0.3 is 6.08 Å². The number of para-hydroxylation sites is 1. The Labute approximate surface area is 319 Å². The summed E-state index contributed by atoms with van der Waals surface area (Å²) in [5.74, 6) is -0.533. The lowest BCUT2D eigenvalue weighted by molar-refractivity contribution is 0.311. The van der Waals surface area contributed by atoms with E-state index >= 15 is 0 Å². The summed E-state index contributed by atoms with van der Waals surface area (Å²) in [6.45, 7) is 0.558. The fourth-order valence-corrected chi connectivity index (χ4v) is 7.33. The first-order valence-electron chi connectivity index (χ1n) is 16.4. The molecule has 0 atom stereocenters. The number of nitrogens with zero attached hydrogens (tertiary/aromatic N) is 3. The molecule has 0 spiro atoms. The van der Waals surface area contributed by atoms with Crippen molar-refractivity contribution in [1.29, 1.82) is 0 Å². The number of aliphatic hydroxyl groups excluding tert-OH is 1. The summed E-state index contributed by atoms with van der Waals surface area (Å²) in [5.41, 5.74) is 15.0. The molecule has 0 saturated heterocycles. The molecule has 19 heteroatoms. The summed E-state index contributed by atoms with van der Waals surface area (Å²) in [4.78, 5) is 9.95. The van der Waals surface area contributed by atoms with Crippen molar-refractivity contribution in [1.82, 2.24) is 15.0 Å². The highest BCUT2D eigenvalue weighted by atomic mass is 32.2. The van der Waals surface area contributed by atoms with Gasteiger partial charge in [-0.25, -0.2) is 0 Å². The summed E-state index contributed by atoms with van der Waals surface area (Å²) < 4.78 is 79.7. The molecule has 7 aromatic rings. The van der Waals surface area contributed by atoms with Crippen LogP contribution in [0.1, 0.15) is 0 Å². The summed E-state index contributed by atoms with van der Waals surface area (Å²) in [5, 5.41) is 29.6. The Balaban J connectivity index is 0.000000208. The summed E-state index contributed by atoms with van der Waals surface area (Å²) in [6, 6.07) is 29.9. The minimum Gasteiger partial charge on any atom is -0.507 e. The van der Waals surface area contributed by atoms with Crippen LogP contribution in [0.4, 0.5) is 44.7 Å². The number of aromatic nitrogens is 3. The fraction of sp³-hybridized carbons (Fsp3) is 0.0541. The minimum atomic E-state index is -4.70. The predicted molar refractivity (Wildman–Crippen MR) is 212 cm³/mol. The van der Waals surface area contributed by atoms with Crippen molar-refractivity contribution in [2.75, 3.05) is 40.6 Å². The summed E-state index contributed by atoms with van der Waals surface area (Å²) >= 11 is 0. The maximum Gasteiger partial charge on any atom is 0.315 e. The van der Waals surface area contributed by atoms with Crippen molar-refractivity contribution in [3.63, 3.8) is 0 Å². The molecule has 56 heavy (non-hydrogen) atoms. The van der Waals surface area contributed by atoms with E-state index in [2.05, 4.69) is 30.9 Å². The van der Waals surface area contributed by atoms with Crippen LogP contribution in [0, 0.1) is 6.08 Å². The lowest BCUT2D eigenvalue weighted by Gasteiger charge is -2.13. The SMILES string of the molecule is Nc1cc(-c2ccccc2NCCO)cc2cccc(O)c12.Nc1cc(Nc2nc(F)nc(Nc3ccc4ccccc4c3S(=O)(=O)O)n2)ccc1S(=O)(=O)O. The van der Waals surface area contributed by atoms with Gasteiger partial charge < -0.3 is 37.6 Å². The maximum absolute atomic E-state index is 14.1. The van der Waals surface area contributed by atoms with E-state index in [-0.39, 0.29) is 40.8 Å². The number of benzene rings is 6. The van der Waals surface area contributed by atoms with Crippen LogP contribution >= 0.6 is 0 Å². The number of nitrogens with two attached hydrogens (primary N) is 2. The normalized spacial score (nSPS) is 11.5. The van der Waals surface area contributed by atoms with E-state index in [9.17, 15) is 30.9 Å². The van der Waals surface area contributed by atoms with Crippen LogP contribution in [-0.2, 0) is 20.2 Å². The molecule has 0 fully saturated rings. The Kier molecular flexibility index (Phi) is 11.2. The molecule has 0 aliphatic rings. The third-order valence-corrected chi connectivity index (χ3v) is 10.1. The number of hydrogen-bond donors (Lipinski definition) is 9. The molecule has 1 aromatic heterocycles. The Morgan fingerprint density at radius 3 is 2.09 bits per heavy atom. The number of anilines is 7. The van der Waals surface area contributed by atoms with Crippen molar-refractivity contribution in [3.8, 4) is 16.9 Å². The molecular weight excluding hydrogens is 768 g/mol. The van der Waals surface area contributed by atoms with Crippen LogP contribution in [0.15, 0.2) is 119 Å². The molecule has 11 N–H and O–H groups in total. The van der Waals surface area contributed by atoms with Crippen molar-refractivity contribution in [3.05, 3.63) is 115 Å². The number of rotatable bonds is 10. The second-order valence-electron chi connectivity index (χ2n) is 12.0. The van der Waals surface area contributed by atoms with E-state index in [1.165, 1.54) is 18.2 Å². The second-order valence-corrected chi connectivity index (χ2v) is 14.8. The first-order chi connectivity index (χ1) is 26.6. The van der Waals surface area contributed by atoms with Gasteiger partial charge in [0.1, 0.15) is 15.5 Å². The zero-order chi connectivity index (χ0) is 40.2. The molecule has 7 rings (SSSR count). The number of halogens is 1. The zero-order valence-corrected chi connectivity index (χ0v) is 30.6. The van der Waals surface area contributed by atoms with Gasteiger partial charge in [0.15, 0.2) is 0 Å². The quantitative estimate of drug-likeness (QED) is 0.0573. The number of phenols is 1. The standard InChI is InChI=1S/C19H15FN6O6S2.C18H18N2O2/c20-17-24-18(22-11-6-8-15(13(21)9-11)33(27,28)29)26-19(25-17)23-14-7-5-10-3-1-2-4-12(10)16(14)34(30,31)32;19-15-11-13(10-12-4-3-7-17(22)18(12)15)14-5-1-2-6-16(14)20-8-9-21/h1-9H,21H2,(H,27,28,29)(H,30,31,32)(H2,22,23,24,25,26);1-7,10-11,20-22H,8-9,19H2. The lowest BCUT2D eigenvalue weighted by Crippen LogP contribution is -2.09. The minimum absolute atomic E-state index is 0.0715. The Morgan fingerprint density at radius 2 is 1.38 bits per heavy atom. The maximum atomic E-state index is 14.1. The average molecular weight is 801 g/mol. The van der Waals surface area contributed by atoms with Crippen LogP contribution in [0.5, 0.6) is 5.75 Å². The molecule has 0 unspecified atom stereocenters. The van der Waals surface area contributed by atoms with Gasteiger partial charge in [-0.05, 0) is 64.9 Å². The van der Waals surface area contributed by atoms with Crippen LogP contribution in [-0.4, -0.2) is 64.3 Å². The van der Waals surface area contributed by atoms with Gasteiger partial charge in [0.2, 0.25) is 11.9 Å². The molecule has 0 radical (unpaired) electrons. The molecular formula is C37H33FN8O8S2. The van der Waals surface area contributed by atoms with Crippen LogP contribution < -0.4 is 27.4 Å². The lowest BCUT2D eigenvalue weighted by atomic mass is 9.98. The molecule has 1 heterocycles. The number of aromatic hydroxyl groups is 1. The van der Waals surface area contributed by atoms with Gasteiger partial charge in [-0.3, -0.25) is 9.11 Å². The van der Waals surface area contributed by atoms with Gasteiger partial charge in [0.05, 0.1) is 18.0 Å². The van der Waals surface area contributed by atoms with Gasteiger partial charge in [-0.15, -0.1) is 0 Å². The largest absolute Gasteiger partial charge is 0.507 e. The van der Waals surface area contributed by atoms with Crippen LogP contribution in [0.3, 0.4) is 0 Å². The topological polar surface area (TPSA) is 276 Å². The molecule has 0 aliphatic carbocycles. The zero-order valence-electron chi connectivity index (χ0n) is 28.9. The number of nitrogen functional groups attached to an aromatic ring is 2. The van der Waals surface area contributed by atoms with E-state index in [0.717, 1.165) is 34.3 Å². The number of aliphatic hydroxyl groups is 1. The molecule has 0 aliphatic heterocycles. The van der Waals surface area contributed by atoms with Gasteiger partial charge in [-0.1, -0.05) is 60.7 Å². The van der Waals surface area contributed by atoms with E-state index in [1.54, 1.807) is 36.4 Å². The van der Waals surface area contributed by atoms with Crippen LogP contribution in [0.2, 0.25) is 0 Å². The monoisotopic (exact) mass is 800 g/mol. The predicted octanol–water partition coefficient (Wildman–Crippen LogP) is 5.93. The van der Waals surface area contributed by atoms with E-state index in [4.69, 9.17) is 21.1 Å². The highest BCUT2D eigenvalue weighted by molar-refractivity contribution is 7.86. The first kappa shape index (κ1) is 39.1. The van der Waals surface area contributed by atoms with E-state index in [0.29, 0.717) is 23.0 Å². The Morgan fingerprint density at radius 1 is 0.679 bits per heavy atom. The molecule has 0 saturated carbocycles. The first-order valence-corrected chi connectivity index (χ1v) is 19.3. The summed E-state index contributed by atoms with van der Waals surface area (Å²) in [6.07, 6.45) is -1.23.